The lowest BCUT2D eigenvalue weighted by atomic mass is 9.92. The molecule has 1 fully saturated rings. The zero-order valence-electron chi connectivity index (χ0n) is 35.1. The summed E-state index contributed by atoms with van der Waals surface area (Å²) in [6.07, 6.45) is 18.3. The van der Waals surface area contributed by atoms with Crippen LogP contribution in [-0.4, -0.2) is 48.3 Å². The predicted octanol–water partition coefficient (Wildman–Crippen LogP) is 12.1. The monoisotopic (exact) mass is 791 g/mol. The molecule has 6 nitrogen and oxygen atoms in total. The molecule has 0 radical (unpaired) electrons. The number of aliphatic hydroxyl groups is 1. The minimum Gasteiger partial charge on any atom is -0.389 e. The van der Waals surface area contributed by atoms with Crippen molar-refractivity contribution in [2.75, 3.05) is 6.61 Å². The Balaban J connectivity index is 1.26. The van der Waals surface area contributed by atoms with Gasteiger partial charge in [-0.25, -0.2) is 0 Å². The fraction of sp³-hybridized carbons (Fsp3) is 0.500. The van der Waals surface area contributed by atoms with E-state index in [9.17, 15) is 5.11 Å². The standard InChI is InChI=1S/C52H70O6/c1-2-3-4-5-6-7-8-9-10-11-12-25-35-47(53)36-26-37-48-50(55-39-44-29-19-14-20-30-44)52(57-41-46-33-23-16-24-34-46)51(56-40-45-31-21-15-22-32-45)49(58-48)42-54-38-43-27-17-13-18-28-43/h13-24,26-34,36,47-53H,2-12,25,35,37-42H2,1H3/b36-26+/t47-,48-,49-,50+,51+,52-/m1/s1. The molecular formula is C52H70O6. The molecule has 1 aliphatic rings. The first-order valence-electron chi connectivity index (χ1n) is 22.3. The fourth-order valence-corrected chi connectivity index (χ4v) is 7.73. The van der Waals surface area contributed by atoms with Crippen LogP contribution in [0.1, 0.15) is 119 Å². The Morgan fingerprint density at radius 3 is 1.36 bits per heavy atom. The molecule has 1 aliphatic heterocycles. The molecule has 6 heteroatoms. The summed E-state index contributed by atoms with van der Waals surface area (Å²) in [4.78, 5) is 0. The van der Waals surface area contributed by atoms with Crippen molar-refractivity contribution in [1.29, 1.82) is 0 Å². The number of unbranched alkanes of at least 4 members (excludes halogenated alkanes) is 11. The maximum Gasteiger partial charge on any atom is 0.115 e. The van der Waals surface area contributed by atoms with E-state index in [4.69, 9.17) is 23.7 Å². The van der Waals surface area contributed by atoms with Gasteiger partial charge in [0.1, 0.15) is 24.4 Å². The van der Waals surface area contributed by atoms with Gasteiger partial charge in [-0.2, -0.15) is 0 Å². The number of hydrogen-bond acceptors (Lipinski definition) is 6. The molecular weight excluding hydrogens is 721 g/mol. The van der Waals surface area contributed by atoms with Gasteiger partial charge in [0.05, 0.1) is 45.2 Å². The van der Waals surface area contributed by atoms with Gasteiger partial charge in [0.15, 0.2) is 0 Å². The molecule has 1 saturated heterocycles. The maximum atomic E-state index is 11.0. The highest BCUT2D eigenvalue weighted by molar-refractivity contribution is 5.17. The number of rotatable bonds is 29. The lowest BCUT2D eigenvalue weighted by molar-refractivity contribution is -0.271. The molecule has 314 valence electrons. The lowest BCUT2D eigenvalue weighted by Gasteiger charge is -2.46. The average Bonchev–Trinajstić information content (AvgIpc) is 3.26. The summed E-state index contributed by atoms with van der Waals surface area (Å²) in [6.45, 7) is 4.27. The Kier molecular flexibility index (Phi) is 21.9. The molecule has 0 spiro atoms. The molecule has 0 aliphatic carbocycles. The minimum absolute atomic E-state index is 0.326. The van der Waals surface area contributed by atoms with Crippen molar-refractivity contribution in [3.63, 3.8) is 0 Å². The van der Waals surface area contributed by atoms with Crippen LogP contribution in [0.3, 0.4) is 0 Å². The Labute approximate surface area is 349 Å². The van der Waals surface area contributed by atoms with Crippen molar-refractivity contribution in [3.05, 3.63) is 156 Å². The van der Waals surface area contributed by atoms with Crippen LogP contribution in [0, 0.1) is 0 Å². The van der Waals surface area contributed by atoms with Gasteiger partial charge >= 0.3 is 0 Å². The number of hydrogen-bond donors (Lipinski definition) is 1. The Bertz CT molecular complexity index is 1600. The summed E-state index contributed by atoms with van der Waals surface area (Å²) in [5.41, 5.74) is 4.32. The molecule has 58 heavy (non-hydrogen) atoms. The van der Waals surface area contributed by atoms with E-state index in [-0.39, 0.29) is 6.10 Å². The summed E-state index contributed by atoms with van der Waals surface area (Å²) < 4.78 is 33.9. The normalized spacial score (nSPS) is 20.1. The number of aliphatic hydroxyl groups excluding tert-OH is 1. The first-order chi connectivity index (χ1) is 28.7. The van der Waals surface area contributed by atoms with E-state index >= 15 is 0 Å². The van der Waals surface area contributed by atoms with E-state index in [2.05, 4.69) is 61.5 Å². The summed E-state index contributed by atoms with van der Waals surface area (Å²) >= 11 is 0. The molecule has 0 saturated carbocycles. The third kappa shape index (κ3) is 17.3. The maximum absolute atomic E-state index is 11.0. The van der Waals surface area contributed by atoms with E-state index in [1.54, 1.807) is 0 Å². The van der Waals surface area contributed by atoms with Crippen LogP contribution < -0.4 is 0 Å². The summed E-state index contributed by atoms with van der Waals surface area (Å²) in [6, 6.07) is 40.9. The Morgan fingerprint density at radius 2 is 0.897 bits per heavy atom. The SMILES string of the molecule is CCCCCCCCCCCCCC[C@@H](O)/C=C/C[C@H]1O[C@H](COCc2ccccc2)[C@H](OCc2ccccc2)[C@H](OCc2ccccc2)[C@H]1OCc1ccccc1. The molecule has 5 rings (SSSR count). The largest absolute Gasteiger partial charge is 0.389 e. The lowest BCUT2D eigenvalue weighted by Crippen LogP contribution is -2.61. The van der Waals surface area contributed by atoms with Crippen LogP contribution in [0.25, 0.3) is 0 Å². The molecule has 1 N–H and O–H groups in total. The van der Waals surface area contributed by atoms with Crippen molar-refractivity contribution in [3.8, 4) is 0 Å². The molecule has 1 heterocycles. The molecule has 4 aromatic carbocycles. The minimum atomic E-state index is -0.493. The first kappa shape index (κ1) is 45.5. The molecule has 0 aromatic heterocycles. The van der Waals surface area contributed by atoms with E-state index < -0.39 is 30.5 Å². The van der Waals surface area contributed by atoms with Crippen LogP contribution in [0.15, 0.2) is 133 Å². The van der Waals surface area contributed by atoms with E-state index in [0.29, 0.717) is 39.5 Å². The van der Waals surface area contributed by atoms with E-state index in [0.717, 1.165) is 41.5 Å². The number of benzene rings is 4. The highest BCUT2D eigenvalue weighted by Crippen LogP contribution is 2.33. The van der Waals surface area contributed by atoms with Gasteiger partial charge in [0.2, 0.25) is 0 Å². The first-order valence-corrected chi connectivity index (χ1v) is 22.3. The van der Waals surface area contributed by atoms with Crippen molar-refractivity contribution in [2.24, 2.45) is 0 Å². The molecule has 0 amide bonds. The quantitative estimate of drug-likeness (QED) is 0.0436. The zero-order valence-corrected chi connectivity index (χ0v) is 35.1. The molecule has 0 bridgehead atoms. The second-order valence-electron chi connectivity index (χ2n) is 15.9. The predicted molar refractivity (Wildman–Crippen MR) is 235 cm³/mol. The van der Waals surface area contributed by atoms with Gasteiger partial charge in [0.25, 0.3) is 0 Å². The van der Waals surface area contributed by atoms with Gasteiger partial charge < -0.3 is 28.8 Å². The van der Waals surface area contributed by atoms with Gasteiger partial charge in [-0.05, 0) is 35.1 Å². The van der Waals surface area contributed by atoms with Gasteiger partial charge in [-0.1, -0.05) is 217 Å². The Hall–Kier alpha value is -3.62. The van der Waals surface area contributed by atoms with Gasteiger partial charge in [0, 0.05) is 0 Å². The molecule has 0 unspecified atom stereocenters. The van der Waals surface area contributed by atoms with E-state index in [1.165, 1.54) is 64.2 Å². The second-order valence-corrected chi connectivity index (χ2v) is 15.9. The highest BCUT2D eigenvalue weighted by atomic mass is 16.6. The Morgan fingerprint density at radius 1 is 0.500 bits per heavy atom. The van der Waals surface area contributed by atoms with Crippen molar-refractivity contribution in [1.82, 2.24) is 0 Å². The second kappa shape index (κ2) is 28.0. The van der Waals surface area contributed by atoms with Crippen LogP contribution in [0.2, 0.25) is 0 Å². The van der Waals surface area contributed by atoms with Crippen LogP contribution >= 0.6 is 0 Å². The molecule has 4 aromatic rings. The van der Waals surface area contributed by atoms with Gasteiger partial charge in [-0.3, -0.25) is 0 Å². The summed E-state index contributed by atoms with van der Waals surface area (Å²) in [5, 5.41) is 11.0. The number of ether oxygens (including phenoxy) is 5. The average molecular weight is 791 g/mol. The topological polar surface area (TPSA) is 66.4 Å². The van der Waals surface area contributed by atoms with Crippen molar-refractivity contribution < 1.29 is 28.8 Å². The van der Waals surface area contributed by atoms with Crippen LogP contribution in [0.5, 0.6) is 0 Å². The summed E-state index contributed by atoms with van der Waals surface area (Å²) in [5.74, 6) is 0. The van der Waals surface area contributed by atoms with E-state index in [1.807, 2.05) is 78.9 Å². The fourth-order valence-electron chi connectivity index (χ4n) is 7.73. The third-order valence-corrected chi connectivity index (χ3v) is 11.1. The molecule has 6 atom stereocenters. The third-order valence-electron chi connectivity index (χ3n) is 11.1. The van der Waals surface area contributed by atoms with Crippen LogP contribution in [-0.2, 0) is 50.1 Å². The van der Waals surface area contributed by atoms with Gasteiger partial charge in [-0.15, -0.1) is 0 Å². The highest BCUT2D eigenvalue weighted by Gasteiger charge is 2.48. The smallest absolute Gasteiger partial charge is 0.115 e. The zero-order chi connectivity index (χ0) is 40.3. The van der Waals surface area contributed by atoms with Crippen LogP contribution in [0.4, 0.5) is 0 Å². The van der Waals surface area contributed by atoms with Crippen molar-refractivity contribution in [2.45, 2.75) is 160 Å². The van der Waals surface area contributed by atoms with Crippen molar-refractivity contribution >= 4 is 0 Å². The summed E-state index contributed by atoms with van der Waals surface area (Å²) in [7, 11) is 0.